The molecule has 0 spiro atoms. The molecule has 1 aromatic carbocycles. The van der Waals surface area contributed by atoms with Gasteiger partial charge in [-0.3, -0.25) is 9.47 Å². The van der Waals surface area contributed by atoms with E-state index in [0.29, 0.717) is 68.1 Å². The largest absolute Gasteiger partial charge is 0.550 e. The molecule has 0 aliphatic carbocycles. The monoisotopic (exact) mass is 599 g/mol. The highest BCUT2D eigenvalue weighted by atomic mass is 16.5. The summed E-state index contributed by atoms with van der Waals surface area (Å²) in [5, 5.41) is 39.2. The molecule has 0 saturated heterocycles. The van der Waals surface area contributed by atoms with Crippen LogP contribution in [0.15, 0.2) is 41.2 Å². The minimum Gasteiger partial charge on any atom is -0.550 e. The molecule has 3 aromatic rings. The summed E-state index contributed by atoms with van der Waals surface area (Å²) in [5.41, 5.74) is 8.17. The van der Waals surface area contributed by atoms with Gasteiger partial charge in [0, 0.05) is 32.0 Å². The number of hydrogen-bond acceptors (Lipinski definition) is 13. The fourth-order valence-electron chi connectivity index (χ4n) is 4.03. The van der Waals surface area contributed by atoms with Crippen molar-refractivity contribution in [2.45, 2.75) is 52.1 Å². The SMILES string of the molecule is CCCCOc1nc(N)c2[nH]c(=O)n(CCCCN(CCO)Cc3cccc(CC(=O)[O-])c3)c2n1.O=C([O-])/C=C/C(=O)[O-]. The lowest BCUT2D eigenvalue weighted by Gasteiger charge is -2.21. The van der Waals surface area contributed by atoms with Gasteiger partial charge in [-0.1, -0.05) is 37.6 Å². The molecule has 0 atom stereocenters. The summed E-state index contributed by atoms with van der Waals surface area (Å²) in [6, 6.07) is 7.51. The quantitative estimate of drug-likeness (QED) is 0.107. The number of hydrogen-bond donors (Lipinski definition) is 3. The number of nitrogens with two attached hydrogens (primary N) is 1. The van der Waals surface area contributed by atoms with Gasteiger partial charge in [0.25, 0.3) is 0 Å². The molecule has 3 rings (SSSR count). The van der Waals surface area contributed by atoms with Crippen LogP contribution in [0.25, 0.3) is 11.2 Å². The summed E-state index contributed by atoms with van der Waals surface area (Å²) in [4.78, 5) is 55.5. The highest BCUT2D eigenvalue weighted by Crippen LogP contribution is 2.18. The summed E-state index contributed by atoms with van der Waals surface area (Å²) in [6.45, 7) is 4.76. The lowest BCUT2D eigenvalue weighted by Crippen LogP contribution is -2.28. The van der Waals surface area contributed by atoms with Crippen molar-refractivity contribution in [3.05, 3.63) is 58.0 Å². The van der Waals surface area contributed by atoms with Gasteiger partial charge in [0.05, 0.1) is 25.2 Å². The number of aryl methyl sites for hydroxylation is 1. The first kappa shape index (κ1) is 34.4. The van der Waals surface area contributed by atoms with Crippen molar-refractivity contribution in [3.63, 3.8) is 0 Å². The number of carbonyl (C=O) groups is 3. The third-order valence-electron chi connectivity index (χ3n) is 5.98. The predicted molar refractivity (Wildman–Crippen MR) is 149 cm³/mol. The van der Waals surface area contributed by atoms with Crippen LogP contribution in [0.1, 0.15) is 43.7 Å². The molecule has 234 valence electrons. The maximum Gasteiger partial charge on any atom is 0.327 e. The zero-order valence-electron chi connectivity index (χ0n) is 23.8. The number of H-pyrrole nitrogens is 1. The lowest BCUT2D eigenvalue weighted by molar-refractivity contribution is -0.305. The zero-order valence-corrected chi connectivity index (χ0v) is 23.8. The first-order chi connectivity index (χ1) is 20.5. The second-order valence-electron chi connectivity index (χ2n) is 9.42. The van der Waals surface area contributed by atoms with Crippen LogP contribution in [0, 0.1) is 0 Å². The minimum atomic E-state index is -1.55. The smallest absolute Gasteiger partial charge is 0.327 e. The molecule has 4 N–H and O–H groups in total. The standard InChI is InChI=1S/C24H34N6O5.C4H4O4/c1-2-3-13-35-23-27-21(25)20-22(28-23)30(24(34)26-20)10-5-4-9-29(11-12-31)16-18-8-6-7-17(14-18)15-19(32)33;5-3(6)1-2-4(7)8/h6-8,14,31H,2-5,9-13,15-16H2,1H3,(H,26,34)(H,32,33)(H2,25,27,28);1-2H,(H,5,6)(H,7,8)/p-3/b;2-1+. The molecule has 2 aromatic heterocycles. The molecular formula is C28H35N6O9-3. The van der Waals surface area contributed by atoms with Crippen molar-refractivity contribution in [1.82, 2.24) is 24.4 Å². The minimum absolute atomic E-state index is 0.0116. The molecule has 0 saturated carbocycles. The Balaban J connectivity index is 0.000000708. The van der Waals surface area contributed by atoms with Crippen LogP contribution in [0.3, 0.4) is 0 Å². The Hall–Kier alpha value is -4.76. The molecule has 0 bridgehead atoms. The summed E-state index contributed by atoms with van der Waals surface area (Å²) < 4.78 is 7.11. The summed E-state index contributed by atoms with van der Waals surface area (Å²) in [5.74, 6) is -4.04. The third-order valence-corrected chi connectivity index (χ3v) is 5.98. The van der Waals surface area contributed by atoms with Crippen LogP contribution in [0.2, 0.25) is 0 Å². The number of aromatic amines is 1. The van der Waals surface area contributed by atoms with Crippen LogP contribution in [0.4, 0.5) is 5.82 Å². The lowest BCUT2D eigenvalue weighted by atomic mass is 10.1. The number of carboxylic acid groups (broad SMARTS) is 3. The normalized spacial score (nSPS) is 11.0. The Morgan fingerprint density at radius 2 is 1.77 bits per heavy atom. The van der Waals surface area contributed by atoms with E-state index in [2.05, 4.69) is 26.8 Å². The summed E-state index contributed by atoms with van der Waals surface area (Å²) >= 11 is 0. The molecule has 0 aliphatic heterocycles. The Morgan fingerprint density at radius 1 is 1.07 bits per heavy atom. The number of anilines is 1. The van der Waals surface area contributed by atoms with E-state index in [4.69, 9.17) is 10.5 Å². The Labute approximate surface area is 247 Å². The molecular weight excluding hydrogens is 564 g/mol. The molecule has 2 heterocycles. The van der Waals surface area contributed by atoms with Crippen LogP contribution in [-0.2, 0) is 33.9 Å². The van der Waals surface area contributed by atoms with E-state index < -0.39 is 17.9 Å². The van der Waals surface area contributed by atoms with Crippen LogP contribution >= 0.6 is 0 Å². The van der Waals surface area contributed by atoms with Gasteiger partial charge in [-0.05, 0) is 49.1 Å². The number of nitrogens with zero attached hydrogens (tertiary/aromatic N) is 4. The number of aromatic nitrogens is 4. The molecule has 0 radical (unpaired) electrons. The maximum atomic E-state index is 12.5. The predicted octanol–water partition coefficient (Wildman–Crippen LogP) is -2.51. The second kappa shape index (κ2) is 17.9. The number of unbranched alkanes of at least 4 members (excludes halogenated alkanes) is 2. The number of nitrogen functional groups attached to an aromatic ring is 1. The van der Waals surface area contributed by atoms with Crippen molar-refractivity contribution in [2.75, 3.05) is 32.0 Å². The van der Waals surface area contributed by atoms with E-state index >= 15 is 0 Å². The third kappa shape index (κ3) is 12.3. The number of imidazole rings is 1. The second-order valence-corrected chi connectivity index (χ2v) is 9.42. The molecule has 15 nitrogen and oxygen atoms in total. The number of benzene rings is 1. The van der Waals surface area contributed by atoms with E-state index in [0.717, 1.165) is 24.8 Å². The van der Waals surface area contributed by atoms with Crippen molar-refractivity contribution in [2.24, 2.45) is 0 Å². The number of aliphatic hydroxyl groups excluding tert-OH is 1. The number of rotatable bonds is 17. The number of carboxylic acids is 3. The van der Waals surface area contributed by atoms with Gasteiger partial charge in [-0.2, -0.15) is 9.97 Å². The van der Waals surface area contributed by atoms with Gasteiger partial charge >= 0.3 is 11.7 Å². The molecule has 0 fully saturated rings. The average Bonchev–Trinajstić information content (AvgIpc) is 3.25. The zero-order chi connectivity index (χ0) is 31.8. The van der Waals surface area contributed by atoms with Gasteiger partial charge in [0.1, 0.15) is 5.52 Å². The van der Waals surface area contributed by atoms with Crippen molar-refractivity contribution >= 4 is 34.9 Å². The van der Waals surface area contributed by atoms with Gasteiger partial charge < -0.3 is 50.3 Å². The first-order valence-corrected chi connectivity index (χ1v) is 13.6. The number of aliphatic carboxylic acids is 3. The van der Waals surface area contributed by atoms with Gasteiger partial charge in [-0.15, -0.1) is 0 Å². The molecule has 0 unspecified atom stereocenters. The van der Waals surface area contributed by atoms with E-state index in [-0.39, 0.29) is 30.5 Å². The number of nitrogens with one attached hydrogen (secondary N) is 1. The Bertz CT molecular complexity index is 1430. The number of aliphatic hydroxyl groups is 1. The average molecular weight is 600 g/mol. The van der Waals surface area contributed by atoms with Crippen molar-refractivity contribution in [1.29, 1.82) is 0 Å². The fraction of sp³-hybridized carbons (Fsp3) is 0.429. The van der Waals surface area contributed by atoms with Gasteiger partial charge in [0.15, 0.2) is 11.5 Å². The Morgan fingerprint density at radius 3 is 2.40 bits per heavy atom. The number of ether oxygens (including phenoxy) is 1. The van der Waals surface area contributed by atoms with E-state index in [9.17, 15) is 39.6 Å². The fourth-order valence-corrected chi connectivity index (χ4v) is 4.03. The Kier molecular flexibility index (Phi) is 14.4. The van der Waals surface area contributed by atoms with Crippen LogP contribution < -0.4 is 31.5 Å². The van der Waals surface area contributed by atoms with Gasteiger partial charge in [-0.25, -0.2) is 4.79 Å². The van der Waals surface area contributed by atoms with Crippen molar-refractivity contribution < 1.29 is 39.5 Å². The number of fused-ring (bicyclic) bond motifs is 1. The molecule has 0 aliphatic rings. The summed E-state index contributed by atoms with van der Waals surface area (Å²) in [7, 11) is 0. The summed E-state index contributed by atoms with van der Waals surface area (Å²) in [6.07, 6.45) is 3.96. The molecule has 15 heteroatoms. The van der Waals surface area contributed by atoms with Gasteiger partial charge in [0.2, 0.25) is 0 Å². The highest BCUT2D eigenvalue weighted by Gasteiger charge is 2.15. The van der Waals surface area contributed by atoms with E-state index in [1.165, 1.54) is 0 Å². The van der Waals surface area contributed by atoms with E-state index in [1.807, 2.05) is 18.2 Å². The van der Waals surface area contributed by atoms with Crippen molar-refractivity contribution in [3.8, 4) is 6.01 Å². The molecule has 0 amide bonds. The van der Waals surface area contributed by atoms with E-state index in [1.54, 1.807) is 10.6 Å². The molecule has 43 heavy (non-hydrogen) atoms. The first-order valence-electron chi connectivity index (χ1n) is 13.6. The maximum absolute atomic E-state index is 12.5. The highest BCUT2D eigenvalue weighted by molar-refractivity contribution is 5.87. The van der Waals surface area contributed by atoms with Crippen LogP contribution in [-0.4, -0.2) is 73.7 Å². The van der Waals surface area contributed by atoms with Crippen LogP contribution in [0.5, 0.6) is 6.01 Å². The number of carbonyl (C=O) groups excluding carboxylic acids is 3. The topological polar surface area (TPSA) is 243 Å².